The molecule has 0 saturated heterocycles. The first-order chi connectivity index (χ1) is 9.53. The minimum Gasteiger partial charge on any atom is -0.488 e. The van der Waals surface area contributed by atoms with E-state index in [0.717, 1.165) is 5.75 Å². The summed E-state index contributed by atoms with van der Waals surface area (Å²) in [4.78, 5) is 0. The molecule has 1 nitrogen and oxygen atoms in total. The fourth-order valence-corrected chi connectivity index (χ4v) is 1.84. The van der Waals surface area contributed by atoms with Crippen LogP contribution in [0, 0.1) is 0 Å². The number of benzene rings is 2. The van der Waals surface area contributed by atoms with Gasteiger partial charge in [0.15, 0.2) is 7.28 Å². The molecule has 0 N–H and O–H groups in total. The molecule has 2 heteroatoms. The lowest BCUT2D eigenvalue weighted by atomic mass is 9.70. The number of hydrogen-bond acceptors (Lipinski definition) is 1. The van der Waals surface area contributed by atoms with E-state index in [-0.39, 0.29) is 5.60 Å². The van der Waals surface area contributed by atoms with Crippen LogP contribution in [-0.4, -0.2) is 12.9 Å². The van der Waals surface area contributed by atoms with Gasteiger partial charge in [-0.2, -0.15) is 0 Å². The lowest BCUT2D eigenvalue weighted by Crippen LogP contribution is -2.23. The van der Waals surface area contributed by atoms with Crippen molar-refractivity contribution in [3.63, 3.8) is 0 Å². The van der Waals surface area contributed by atoms with Gasteiger partial charge in [-0.1, -0.05) is 54.0 Å². The first kappa shape index (κ1) is 14.5. The highest BCUT2D eigenvalue weighted by molar-refractivity contribution is 6.59. The van der Waals surface area contributed by atoms with Gasteiger partial charge in [-0.05, 0) is 38.5 Å². The van der Waals surface area contributed by atoms with Crippen LogP contribution in [0.15, 0.2) is 60.6 Å². The van der Waals surface area contributed by atoms with Crippen molar-refractivity contribution in [2.24, 2.45) is 0 Å². The molecule has 2 aromatic carbocycles. The third kappa shape index (κ3) is 4.97. The Kier molecular flexibility index (Phi) is 4.68. The second-order valence-corrected chi connectivity index (χ2v) is 5.72. The van der Waals surface area contributed by atoms with E-state index in [0.29, 0.717) is 0 Å². The Morgan fingerprint density at radius 1 is 0.900 bits per heavy atom. The van der Waals surface area contributed by atoms with Crippen LogP contribution in [0.1, 0.15) is 26.3 Å². The minimum atomic E-state index is -0.154. The van der Waals surface area contributed by atoms with E-state index < -0.39 is 0 Å². The standard InChI is InChI=1S/C18H20BO/c1-18(2,3)20-17-11-9-16(10-12-17)19-14-13-15-7-5-4-6-8-15/h4-14H,1-3H3. The maximum absolute atomic E-state index is 5.80. The van der Waals surface area contributed by atoms with E-state index in [1.165, 1.54) is 11.0 Å². The Morgan fingerprint density at radius 2 is 1.55 bits per heavy atom. The highest BCUT2D eigenvalue weighted by atomic mass is 16.5. The molecule has 0 atom stereocenters. The van der Waals surface area contributed by atoms with Gasteiger partial charge in [-0.3, -0.25) is 0 Å². The molecule has 20 heavy (non-hydrogen) atoms. The molecule has 0 aliphatic heterocycles. The van der Waals surface area contributed by atoms with Gasteiger partial charge in [0.1, 0.15) is 11.4 Å². The predicted molar refractivity (Wildman–Crippen MR) is 87.7 cm³/mol. The smallest absolute Gasteiger partial charge is 0.181 e. The van der Waals surface area contributed by atoms with Crippen LogP contribution in [0.5, 0.6) is 5.75 Å². The van der Waals surface area contributed by atoms with Gasteiger partial charge in [0.25, 0.3) is 0 Å². The lowest BCUT2D eigenvalue weighted by molar-refractivity contribution is 0.131. The second-order valence-electron chi connectivity index (χ2n) is 5.72. The lowest BCUT2D eigenvalue weighted by Gasteiger charge is -2.21. The van der Waals surface area contributed by atoms with Gasteiger partial charge in [-0.25, -0.2) is 0 Å². The van der Waals surface area contributed by atoms with Crippen molar-refractivity contribution < 1.29 is 4.74 Å². The Balaban J connectivity index is 1.93. The topological polar surface area (TPSA) is 9.23 Å². The van der Waals surface area contributed by atoms with E-state index >= 15 is 0 Å². The molecule has 0 fully saturated rings. The first-order valence-electron chi connectivity index (χ1n) is 6.88. The van der Waals surface area contributed by atoms with Crippen molar-refractivity contribution >= 4 is 18.8 Å². The largest absolute Gasteiger partial charge is 0.488 e. The molecule has 0 unspecified atom stereocenters. The second kappa shape index (κ2) is 6.47. The maximum Gasteiger partial charge on any atom is 0.181 e. The van der Waals surface area contributed by atoms with Crippen LogP contribution in [0.4, 0.5) is 0 Å². The molecular formula is C18H20BO. The van der Waals surface area contributed by atoms with Gasteiger partial charge < -0.3 is 4.74 Å². The molecule has 0 amide bonds. The predicted octanol–water partition coefficient (Wildman–Crippen LogP) is 3.86. The highest BCUT2D eigenvalue weighted by Gasteiger charge is 2.11. The summed E-state index contributed by atoms with van der Waals surface area (Å²) < 4.78 is 5.80. The summed E-state index contributed by atoms with van der Waals surface area (Å²) in [5.74, 6) is 2.97. The zero-order valence-electron chi connectivity index (χ0n) is 12.3. The van der Waals surface area contributed by atoms with Crippen LogP contribution >= 0.6 is 0 Å². The van der Waals surface area contributed by atoms with E-state index in [9.17, 15) is 0 Å². The molecule has 2 aromatic rings. The Bertz CT molecular complexity index is 550. The van der Waals surface area contributed by atoms with Crippen LogP contribution in [0.2, 0.25) is 0 Å². The molecule has 2 rings (SSSR count). The molecule has 1 radical (unpaired) electrons. The molecule has 0 heterocycles. The van der Waals surface area contributed by atoms with Gasteiger partial charge >= 0.3 is 0 Å². The summed E-state index contributed by atoms with van der Waals surface area (Å²) in [7, 11) is 2.09. The zero-order valence-corrected chi connectivity index (χ0v) is 12.3. The highest BCUT2D eigenvalue weighted by Crippen LogP contribution is 2.16. The summed E-state index contributed by atoms with van der Waals surface area (Å²) in [6.45, 7) is 6.15. The monoisotopic (exact) mass is 263 g/mol. The van der Waals surface area contributed by atoms with Crippen molar-refractivity contribution in [3.8, 4) is 5.75 Å². The van der Waals surface area contributed by atoms with E-state index in [4.69, 9.17) is 4.74 Å². The van der Waals surface area contributed by atoms with E-state index in [2.05, 4.69) is 64.4 Å². The van der Waals surface area contributed by atoms with E-state index in [1.54, 1.807) is 0 Å². The number of hydrogen-bond donors (Lipinski definition) is 0. The van der Waals surface area contributed by atoms with Crippen molar-refractivity contribution in [3.05, 3.63) is 66.1 Å². The van der Waals surface area contributed by atoms with Crippen LogP contribution in [0.25, 0.3) is 6.08 Å². The molecular weight excluding hydrogens is 243 g/mol. The Morgan fingerprint density at radius 3 is 2.15 bits per heavy atom. The molecule has 0 bridgehead atoms. The fourth-order valence-electron chi connectivity index (χ4n) is 1.84. The van der Waals surface area contributed by atoms with Gasteiger partial charge in [-0.15, -0.1) is 5.98 Å². The molecule has 0 aromatic heterocycles. The summed E-state index contributed by atoms with van der Waals surface area (Å²) >= 11 is 0. The Hall–Kier alpha value is -1.96. The molecule has 0 saturated carbocycles. The van der Waals surface area contributed by atoms with Crippen LogP contribution in [-0.2, 0) is 0 Å². The average Bonchev–Trinajstić information content (AvgIpc) is 2.40. The van der Waals surface area contributed by atoms with Crippen LogP contribution in [0.3, 0.4) is 0 Å². The van der Waals surface area contributed by atoms with Gasteiger partial charge in [0, 0.05) is 0 Å². The summed E-state index contributed by atoms with van der Waals surface area (Å²) in [6, 6.07) is 18.4. The molecule has 101 valence electrons. The quantitative estimate of drug-likeness (QED) is 0.761. The minimum absolute atomic E-state index is 0.154. The van der Waals surface area contributed by atoms with Crippen LogP contribution < -0.4 is 10.2 Å². The third-order valence-electron chi connectivity index (χ3n) is 2.68. The normalized spacial score (nSPS) is 11.6. The SMILES string of the molecule is CC(C)(C)Oc1ccc([B]C=Cc2ccccc2)cc1. The van der Waals surface area contributed by atoms with Gasteiger partial charge in [0.05, 0.1) is 0 Å². The van der Waals surface area contributed by atoms with Crippen molar-refractivity contribution in [1.29, 1.82) is 0 Å². The molecule has 0 spiro atoms. The number of ether oxygens (including phenoxy) is 1. The van der Waals surface area contributed by atoms with Crippen molar-refractivity contribution in [1.82, 2.24) is 0 Å². The summed E-state index contributed by atoms with van der Waals surface area (Å²) in [6.07, 6.45) is 2.10. The Labute approximate surface area is 122 Å². The molecule has 0 aliphatic carbocycles. The first-order valence-corrected chi connectivity index (χ1v) is 6.88. The van der Waals surface area contributed by atoms with E-state index in [1.807, 2.05) is 30.3 Å². The third-order valence-corrected chi connectivity index (χ3v) is 2.68. The summed E-state index contributed by atoms with van der Waals surface area (Å²) in [5.41, 5.74) is 2.22. The fraction of sp³-hybridized carbons (Fsp3) is 0.222. The van der Waals surface area contributed by atoms with Gasteiger partial charge in [0.2, 0.25) is 0 Å². The van der Waals surface area contributed by atoms with Crippen molar-refractivity contribution in [2.75, 3.05) is 0 Å². The number of rotatable bonds is 4. The zero-order chi connectivity index (χ0) is 14.4. The summed E-state index contributed by atoms with van der Waals surface area (Å²) in [5, 5.41) is 0. The maximum atomic E-state index is 5.80. The average molecular weight is 263 g/mol. The molecule has 0 aliphatic rings. The van der Waals surface area contributed by atoms with Crippen molar-refractivity contribution in [2.45, 2.75) is 26.4 Å².